The highest BCUT2D eigenvalue weighted by atomic mass is 19.1. The van der Waals surface area contributed by atoms with Gasteiger partial charge in [0.1, 0.15) is 5.82 Å². The van der Waals surface area contributed by atoms with Gasteiger partial charge in [-0.2, -0.15) is 0 Å². The molecular weight excluding hydrogens is 331 g/mol. The van der Waals surface area contributed by atoms with Gasteiger partial charge in [-0.3, -0.25) is 4.99 Å². The number of esters is 1. The first kappa shape index (κ1) is 17.6. The van der Waals surface area contributed by atoms with E-state index in [1.165, 1.54) is 13.2 Å². The Kier molecular flexibility index (Phi) is 4.98. The molecule has 1 heterocycles. The van der Waals surface area contributed by atoms with E-state index in [2.05, 4.69) is 9.56 Å². The predicted octanol–water partition coefficient (Wildman–Crippen LogP) is 4.77. The van der Waals surface area contributed by atoms with Crippen molar-refractivity contribution >= 4 is 17.9 Å². The average molecular weight is 350 g/mol. The van der Waals surface area contributed by atoms with E-state index in [0.717, 1.165) is 22.6 Å². The summed E-state index contributed by atoms with van der Waals surface area (Å²) in [5, 5.41) is 0. The molecule has 3 aromatic rings. The van der Waals surface area contributed by atoms with Crippen LogP contribution in [0.25, 0.3) is 5.69 Å². The smallest absolute Gasteiger partial charge is 0.337 e. The van der Waals surface area contributed by atoms with Crippen LogP contribution in [0, 0.1) is 19.7 Å². The van der Waals surface area contributed by atoms with Crippen molar-refractivity contribution in [1.29, 1.82) is 0 Å². The van der Waals surface area contributed by atoms with Gasteiger partial charge in [0.05, 0.1) is 18.4 Å². The standard InChI is InChI=1S/C21H19FN2O2/c1-14-12-17(13-23-20-7-5-4-6-19(20)22)15(2)24(14)18-10-8-16(9-11-18)21(25)26-3/h4-13H,1-3H3. The van der Waals surface area contributed by atoms with Gasteiger partial charge in [0.15, 0.2) is 0 Å². The molecule has 4 nitrogen and oxygen atoms in total. The van der Waals surface area contributed by atoms with Crippen molar-refractivity contribution in [2.24, 2.45) is 4.99 Å². The fraction of sp³-hybridized carbons (Fsp3) is 0.143. The minimum absolute atomic E-state index is 0.305. The molecule has 0 aliphatic carbocycles. The molecule has 0 saturated carbocycles. The molecule has 0 atom stereocenters. The summed E-state index contributed by atoms with van der Waals surface area (Å²) in [5.74, 6) is -0.717. The number of aryl methyl sites for hydroxylation is 1. The van der Waals surface area contributed by atoms with Gasteiger partial charge in [-0.15, -0.1) is 0 Å². The lowest BCUT2D eigenvalue weighted by Gasteiger charge is -2.10. The van der Waals surface area contributed by atoms with Crippen molar-refractivity contribution < 1.29 is 13.9 Å². The molecule has 0 N–H and O–H groups in total. The number of para-hydroxylation sites is 1. The zero-order valence-electron chi connectivity index (χ0n) is 14.9. The topological polar surface area (TPSA) is 43.6 Å². The predicted molar refractivity (Wildman–Crippen MR) is 100 cm³/mol. The van der Waals surface area contributed by atoms with E-state index < -0.39 is 0 Å². The molecule has 3 rings (SSSR count). The Balaban J connectivity index is 1.93. The molecule has 0 aliphatic heterocycles. The number of carbonyl (C=O) groups is 1. The maximum absolute atomic E-state index is 13.7. The van der Waals surface area contributed by atoms with Gasteiger partial charge in [0.2, 0.25) is 0 Å². The Morgan fingerprint density at radius 2 is 1.81 bits per heavy atom. The van der Waals surface area contributed by atoms with Crippen molar-refractivity contribution in [2.75, 3.05) is 7.11 Å². The van der Waals surface area contributed by atoms with E-state index in [4.69, 9.17) is 4.74 Å². The second-order valence-corrected chi connectivity index (χ2v) is 5.91. The van der Waals surface area contributed by atoms with Gasteiger partial charge in [-0.1, -0.05) is 12.1 Å². The highest BCUT2D eigenvalue weighted by Gasteiger charge is 2.11. The Labute approximate surface area is 151 Å². The summed E-state index contributed by atoms with van der Waals surface area (Å²) >= 11 is 0. The first-order valence-electron chi connectivity index (χ1n) is 8.17. The summed E-state index contributed by atoms with van der Waals surface area (Å²) in [6.07, 6.45) is 1.67. The zero-order valence-corrected chi connectivity index (χ0v) is 14.9. The summed E-state index contributed by atoms with van der Waals surface area (Å²) < 4.78 is 20.5. The number of benzene rings is 2. The fourth-order valence-electron chi connectivity index (χ4n) is 2.88. The van der Waals surface area contributed by atoms with Crippen LogP contribution in [0.15, 0.2) is 59.6 Å². The number of hydrogen-bond acceptors (Lipinski definition) is 3. The Hall–Kier alpha value is -3.21. The van der Waals surface area contributed by atoms with E-state index in [1.807, 2.05) is 32.0 Å². The minimum atomic E-state index is -0.366. The third kappa shape index (κ3) is 3.42. The molecule has 0 radical (unpaired) electrons. The van der Waals surface area contributed by atoms with E-state index >= 15 is 0 Å². The highest BCUT2D eigenvalue weighted by Crippen LogP contribution is 2.22. The number of aromatic nitrogens is 1. The molecule has 0 saturated heterocycles. The molecular formula is C21H19FN2O2. The summed E-state index contributed by atoms with van der Waals surface area (Å²) in [6.45, 7) is 3.96. The molecule has 2 aromatic carbocycles. The van der Waals surface area contributed by atoms with Crippen LogP contribution in [-0.2, 0) is 4.74 Å². The van der Waals surface area contributed by atoms with E-state index in [9.17, 15) is 9.18 Å². The summed E-state index contributed by atoms with van der Waals surface area (Å²) in [4.78, 5) is 15.8. The summed E-state index contributed by atoms with van der Waals surface area (Å²) in [5.41, 5.74) is 4.64. The van der Waals surface area contributed by atoms with Gasteiger partial charge in [0.25, 0.3) is 0 Å². The number of halogens is 1. The third-order valence-corrected chi connectivity index (χ3v) is 4.21. The second-order valence-electron chi connectivity index (χ2n) is 5.91. The van der Waals surface area contributed by atoms with Crippen LogP contribution in [0.1, 0.15) is 27.3 Å². The molecule has 5 heteroatoms. The maximum Gasteiger partial charge on any atom is 0.337 e. The first-order chi connectivity index (χ1) is 12.5. The van der Waals surface area contributed by atoms with Gasteiger partial charge in [-0.05, 0) is 56.3 Å². The molecule has 132 valence electrons. The summed E-state index contributed by atoms with van der Waals surface area (Å²) in [7, 11) is 1.36. The van der Waals surface area contributed by atoms with E-state index in [-0.39, 0.29) is 11.8 Å². The monoisotopic (exact) mass is 350 g/mol. The number of nitrogens with zero attached hydrogens (tertiary/aromatic N) is 2. The number of carbonyl (C=O) groups excluding carboxylic acids is 1. The van der Waals surface area contributed by atoms with Crippen molar-refractivity contribution in [2.45, 2.75) is 13.8 Å². The Morgan fingerprint density at radius 1 is 1.12 bits per heavy atom. The quantitative estimate of drug-likeness (QED) is 0.502. The van der Waals surface area contributed by atoms with Crippen LogP contribution in [-0.4, -0.2) is 23.9 Å². The van der Waals surface area contributed by atoms with Crippen molar-refractivity contribution in [3.8, 4) is 5.69 Å². The lowest BCUT2D eigenvalue weighted by molar-refractivity contribution is 0.0601. The van der Waals surface area contributed by atoms with Crippen LogP contribution in [0.3, 0.4) is 0 Å². The van der Waals surface area contributed by atoms with Gasteiger partial charge in [0, 0.05) is 28.9 Å². The Morgan fingerprint density at radius 3 is 2.46 bits per heavy atom. The number of rotatable bonds is 4. The van der Waals surface area contributed by atoms with Crippen LogP contribution in [0.2, 0.25) is 0 Å². The molecule has 0 unspecified atom stereocenters. The van der Waals surface area contributed by atoms with E-state index in [1.54, 1.807) is 36.5 Å². The maximum atomic E-state index is 13.7. The normalized spacial score (nSPS) is 11.1. The molecule has 0 amide bonds. The molecule has 26 heavy (non-hydrogen) atoms. The lowest BCUT2D eigenvalue weighted by Crippen LogP contribution is -2.03. The second kappa shape index (κ2) is 7.35. The molecule has 0 aliphatic rings. The fourth-order valence-corrected chi connectivity index (χ4v) is 2.88. The van der Waals surface area contributed by atoms with Gasteiger partial charge < -0.3 is 9.30 Å². The third-order valence-electron chi connectivity index (χ3n) is 4.21. The van der Waals surface area contributed by atoms with Crippen LogP contribution in [0.4, 0.5) is 10.1 Å². The van der Waals surface area contributed by atoms with Crippen molar-refractivity contribution in [1.82, 2.24) is 4.57 Å². The minimum Gasteiger partial charge on any atom is -0.465 e. The van der Waals surface area contributed by atoms with E-state index in [0.29, 0.717) is 11.3 Å². The molecule has 0 spiro atoms. The van der Waals surface area contributed by atoms with Gasteiger partial charge >= 0.3 is 5.97 Å². The first-order valence-corrected chi connectivity index (χ1v) is 8.17. The lowest BCUT2D eigenvalue weighted by atomic mass is 10.2. The Bertz CT molecular complexity index is 972. The van der Waals surface area contributed by atoms with Crippen LogP contribution < -0.4 is 0 Å². The zero-order chi connectivity index (χ0) is 18.7. The number of aliphatic imine (C=N–C) groups is 1. The molecule has 0 bridgehead atoms. The number of ether oxygens (including phenoxy) is 1. The SMILES string of the molecule is COC(=O)c1ccc(-n2c(C)cc(C=Nc3ccccc3F)c2C)cc1. The number of methoxy groups -OCH3 is 1. The summed E-state index contributed by atoms with van der Waals surface area (Å²) in [6, 6.07) is 15.6. The average Bonchev–Trinajstić information content (AvgIpc) is 2.94. The largest absolute Gasteiger partial charge is 0.465 e. The number of hydrogen-bond donors (Lipinski definition) is 0. The van der Waals surface area contributed by atoms with Crippen molar-refractivity contribution in [3.05, 3.63) is 82.9 Å². The van der Waals surface area contributed by atoms with Crippen LogP contribution >= 0.6 is 0 Å². The highest BCUT2D eigenvalue weighted by molar-refractivity contribution is 5.89. The van der Waals surface area contributed by atoms with Gasteiger partial charge in [-0.25, -0.2) is 9.18 Å². The molecule has 1 aromatic heterocycles. The van der Waals surface area contributed by atoms with Crippen LogP contribution in [0.5, 0.6) is 0 Å². The van der Waals surface area contributed by atoms with Crippen molar-refractivity contribution in [3.63, 3.8) is 0 Å². The molecule has 0 fully saturated rings.